The summed E-state index contributed by atoms with van der Waals surface area (Å²) >= 11 is 0. The van der Waals surface area contributed by atoms with Crippen molar-refractivity contribution in [3.05, 3.63) is 12.0 Å². The van der Waals surface area contributed by atoms with Crippen molar-refractivity contribution in [3.63, 3.8) is 0 Å². The van der Waals surface area contributed by atoms with Gasteiger partial charge < -0.3 is 15.2 Å². The van der Waals surface area contributed by atoms with Crippen LogP contribution in [0.2, 0.25) is 0 Å². The van der Waals surface area contributed by atoms with Crippen molar-refractivity contribution in [3.8, 4) is 0 Å². The van der Waals surface area contributed by atoms with E-state index in [1.807, 2.05) is 6.20 Å². The van der Waals surface area contributed by atoms with Gasteiger partial charge in [-0.05, 0) is 31.8 Å². The van der Waals surface area contributed by atoms with Crippen molar-refractivity contribution in [2.45, 2.75) is 25.8 Å². The highest BCUT2D eigenvalue weighted by molar-refractivity contribution is 5.36. The quantitative estimate of drug-likeness (QED) is 0.754. The number of aromatic nitrogens is 2. The molecule has 4 nitrogen and oxygen atoms in total. The molecule has 0 amide bonds. The zero-order valence-corrected chi connectivity index (χ0v) is 9.00. The molecule has 2 aliphatic heterocycles. The van der Waals surface area contributed by atoms with Gasteiger partial charge in [-0.15, -0.1) is 0 Å². The van der Waals surface area contributed by atoms with Crippen LogP contribution >= 0.6 is 0 Å². The highest BCUT2D eigenvalue weighted by Gasteiger charge is 2.19. The molecule has 1 aromatic rings. The van der Waals surface area contributed by atoms with Crippen molar-refractivity contribution < 1.29 is 0 Å². The highest BCUT2D eigenvalue weighted by Crippen LogP contribution is 2.20. The van der Waals surface area contributed by atoms with E-state index in [2.05, 4.69) is 20.2 Å². The Labute approximate surface area is 90.1 Å². The third-order valence-electron chi connectivity index (χ3n) is 3.44. The van der Waals surface area contributed by atoms with Crippen LogP contribution in [0.3, 0.4) is 0 Å². The van der Waals surface area contributed by atoms with E-state index < -0.39 is 0 Å². The largest absolute Gasteiger partial charge is 0.370 e. The summed E-state index contributed by atoms with van der Waals surface area (Å²) in [4.78, 5) is 4.53. The van der Waals surface area contributed by atoms with Gasteiger partial charge in [0.25, 0.3) is 0 Å². The normalized spacial score (nSPS) is 24.9. The van der Waals surface area contributed by atoms with Crippen molar-refractivity contribution >= 4 is 5.82 Å². The molecule has 0 radical (unpaired) electrons. The molecule has 2 N–H and O–H groups in total. The molecule has 1 unspecified atom stereocenters. The fourth-order valence-corrected chi connectivity index (χ4v) is 2.57. The van der Waals surface area contributed by atoms with Gasteiger partial charge in [0.05, 0.1) is 6.20 Å². The van der Waals surface area contributed by atoms with E-state index in [9.17, 15) is 0 Å². The molecular formula is C11H18N4. The first-order valence-corrected chi connectivity index (χ1v) is 5.92. The minimum atomic E-state index is 0.790. The third kappa shape index (κ3) is 1.74. The van der Waals surface area contributed by atoms with Gasteiger partial charge in [-0.2, -0.15) is 0 Å². The molecule has 1 fully saturated rings. The van der Waals surface area contributed by atoms with Crippen molar-refractivity contribution in [2.75, 3.05) is 25.0 Å². The molecule has 1 aromatic heterocycles. The van der Waals surface area contributed by atoms with Gasteiger partial charge in [-0.1, -0.05) is 0 Å². The minimum Gasteiger partial charge on any atom is -0.370 e. The lowest BCUT2D eigenvalue weighted by Crippen LogP contribution is -2.20. The fraction of sp³-hybridized carbons (Fsp3) is 0.727. The molecule has 0 aromatic carbocycles. The van der Waals surface area contributed by atoms with Crippen LogP contribution in [-0.2, 0) is 13.0 Å². The Balaban J connectivity index is 1.76. The minimum absolute atomic E-state index is 0.790. The lowest BCUT2D eigenvalue weighted by Gasteiger charge is -2.19. The molecule has 0 spiro atoms. The maximum Gasteiger partial charge on any atom is 0.126 e. The predicted octanol–water partition coefficient (Wildman–Crippen LogP) is 0.851. The lowest BCUT2D eigenvalue weighted by molar-refractivity contribution is 0.522. The topological polar surface area (TPSA) is 41.9 Å². The molecule has 0 saturated carbocycles. The average Bonchev–Trinajstić information content (AvgIpc) is 2.89. The lowest BCUT2D eigenvalue weighted by atomic mass is 10.0. The average molecular weight is 206 g/mol. The van der Waals surface area contributed by atoms with Gasteiger partial charge in [0.15, 0.2) is 0 Å². The van der Waals surface area contributed by atoms with Crippen LogP contribution in [0.4, 0.5) is 5.82 Å². The molecule has 4 heteroatoms. The summed E-state index contributed by atoms with van der Waals surface area (Å²) in [6, 6.07) is 0. The van der Waals surface area contributed by atoms with E-state index in [1.165, 1.54) is 31.0 Å². The van der Waals surface area contributed by atoms with Crippen molar-refractivity contribution in [1.29, 1.82) is 0 Å². The summed E-state index contributed by atoms with van der Waals surface area (Å²) in [6.45, 7) is 4.57. The Bertz CT molecular complexity index is 338. The van der Waals surface area contributed by atoms with Crippen molar-refractivity contribution in [2.24, 2.45) is 5.92 Å². The molecule has 1 saturated heterocycles. The molecule has 15 heavy (non-hydrogen) atoms. The Hall–Kier alpha value is -1.03. The van der Waals surface area contributed by atoms with Gasteiger partial charge in [0, 0.05) is 19.5 Å². The predicted molar refractivity (Wildman–Crippen MR) is 60.0 cm³/mol. The molecule has 1 atom stereocenters. The standard InChI is InChI=1S/C11H18N4/c1-3-13-11-8-14-10(15(11)5-1)6-9-2-4-12-7-9/h8-9,12-13H,1-7H2. The van der Waals surface area contributed by atoms with Gasteiger partial charge in [-0.25, -0.2) is 4.98 Å². The molecule has 2 aliphatic rings. The number of nitrogens with zero attached hydrogens (tertiary/aromatic N) is 2. The number of hydrogen-bond acceptors (Lipinski definition) is 3. The monoisotopic (exact) mass is 206 g/mol. The summed E-state index contributed by atoms with van der Waals surface area (Å²) in [5.41, 5.74) is 0. The summed E-state index contributed by atoms with van der Waals surface area (Å²) in [5.74, 6) is 3.27. The number of imidazole rings is 1. The Kier molecular flexibility index (Phi) is 2.37. The summed E-state index contributed by atoms with van der Waals surface area (Å²) in [5, 5.41) is 6.80. The second-order valence-corrected chi connectivity index (χ2v) is 4.55. The molecule has 0 bridgehead atoms. The van der Waals surface area contributed by atoms with E-state index in [-0.39, 0.29) is 0 Å². The number of fused-ring (bicyclic) bond motifs is 1. The summed E-state index contributed by atoms with van der Waals surface area (Å²) < 4.78 is 2.35. The number of anilines is 1. The second-order valence-electron chi connectivity index (χ2n) is 4.55. The van der Waals surface area contributed by atoms with Crippen LogP contribution in [0.15, 0.2) is 6.20 Å². The Morgan fingerprint density at radius 1 is 1.47 bits per heavy atom. The van der Waals surface area contributed by atoms with E-state index in [1.54, 1.807) is 0 Å². The molecular weight excluding hydrogens is 188 g/mol. The smallest absolute Gasteiger partial charge is 0.126 e. The van der Waals surface area contributed by atoms with Crippen LogP contribution in [0.25, 0.3) is 0 Å². The van der Waals surface area contributed by atoms with Crippen LogP contribution in [0.1, 0.15) is 18.7 Å². The van der Waals surface area contributed by atoms with Crippen LogP contribution in [-0.4, -0.2) is 29.2 Å². The van der Waals surface area contributed by atoms with E-state index in [0.717, 1.165) is 32.0 Å². The van der Waals surface area contributed by atoms with Gasteiger partial charge in [0.2, 0.25) is 0 Å². The van der Waals surface area contributed by atoms with Crippen LogP contribution in [0.5, 0.6) is 0 Å². The summed E-state index contributed by atoms with van der Waals surface area (Å²) in [7, 11) is 0. The number of hydrogen-bond donors (Lipinski definition) is 2. The summed E-state index contributed by atoms with van der Waals surface area (Å²) in [6.07, 6.45) is 5.64. The maximum atomic E-state index is 4.53. The Morgan fingerprint density at radius 3 is 3.33 bits per heavy atom. The van der Waals surface area contributed by atoms with E-state index in [0.29, 0.717) is 0 Å². The first kappa shape index (κ1) is 9.21. The van der Waals surface area contributed by atoms with Crippen LogP contribution < -0.4 is 10.6 Å². The molecule has 3 rings (SSSR count). The SMILES string of the molecule is c1nc(CC2CCNC2)n2c1NCCC2. The molecule has 82 valence electrons. The van der Waals surface area contributed by atoms with Crippen molar-refractivity contribution in [1.82, 2.24) is 14.9 Å². The zero-order valence-electron chi connectivity index (χ0n) is 9.00. The third-order valence-corrected chi connectivity index (χ3v) is 3.44. The second kappa shape index (κ2) is 3.85. The van der Waals surface area contributed by atoms with E-state index in [4.69, 9.17) is 0 Å². The zero-order chi connectivity index (χ0) is 10.1. The highest BCUT2D eigenvalue weighted by atomic mass is 15.2. The maximum absolute atomic E-state index is 4.53. The Morgan fingerprint density at radius 2 is 2.47 bits per heavy atom. The van der Waals surface area contributed by atoms with Gasteiger partial charge in [0.1, 0.15) is 11.6 Å². The van der Waals surface area contributed by atoms with Gasteiger partial charge >= 0.3 is 0 Å². The van der Waals surface area contributed by atoms with Crippen LogP contribution in [0, 0.1) is 5.92 Å². The fourth-order valence-electron chi connectivity index (χ4n) is 2.57. The first-order chi connectivity index (χ1) is 7.43. The molecule has 3 heterocycles. The first-order valence-electron chi connectivity index (χ1n) is 5.92. The number of rotatable bonds is 2. The van der Waals surface area contributed by atoms with E-state index >= 15 is 0 Å². The number of nitrogens with one attached hydrogen (secondary N) is 2. The van der Waals surface area contributed by atoms with Gasteiger partial charge in [-0.3, -0.25) is 0 Å². The molecule has 0 aliphatic carbocycles.